The van der Waals surface area contributed by atoms with Gasteiger partial charge in [-0.25, -0.2) is 8.42 Å². The molecule has 0 N–H and O–H groups in total. The summed E-state index contributed by atoms with van der Waals surface area (Å²) in [6.07, 6.45) is 0. The highest BCUT2D eigenvalue weighted by atomic mass is 35.5. The lowest BCUT2D eigenvalue weighted by Crippen LogP contribution is -2.37. The van der Waals surface area contributed by atoms with Gasteiger partial charge in [-0.05, 0) is 18.2 Å². The Morgan fingerprint density at radius 2 is 2.19 bits per heavy atom. The van der Waals surface area contributed by atoms with Crippen LogP contribution in [0.2, 0.25) is 5.02 Å². The van der Waals surface area contributed by atoms with Crippen molar-refractivity contribution in [1.29, 1.82) is 0 Å². The third-order valence-corrected chi connectivity index (χ3v) is 6.85. The minimum Gasteiger partial charge on any atom is -0.316 e. The first-order valence-electron chi connectivity index (χ1n) is 6.37. The van der Waals surface area contributed by atoms with Crippen molar-refractivity contribution in [3.8, 4) is 0 Å². The molecule has 2 heterocycles. The zero-order chi connectivity index (χ0) is 15.2. The van der Waals surface area contributed by atoms with E-state index in [0.717, 1.165) is 5.69 Å². The van der Waals surface area contributed by atoms with Crippen LogP contribution >= 0.6 is 23.4 Å². The summed E-state index contributed by atoms with van der Waals surface area (Å²) in [4.78, 5) is 17.2. The van der Waals surface area contributed by atoms with Gasteiger partial charge in [0.1, 0.15) is 0 Å². The van der Waals surface area contributed by atoms with Crippen LogP contribution in [0.4, 0.5) is 5.69 Å². The fourth-order valence-electron chi connectivity index (χ4n) is 2.63. The summed E-state index contributed by atoms with van der Waals surface area (Å²) in [7, 11) is -3.04. The summed E-state index contributed by atoms with van der Waals surface area (Å²) < 4.78 is 23.7. The van der Waals surface area contributed by atoms with Crippen molar-refractivity contribution in [2.75, 3.05) is 16.4 Å². The minimum absolute atomic E-state index is 0.0775. The lowest BCUT2D eigenvalue weighted by Gasteiger charge is -2.24. The zero-order valence-corrected chi connectivity index (χ0v) is 13.6. The molecule has 0 spiro atoms. The summed E-state index contributed by atoms with van der Waals surface area (Å²) in [6.45, 7) is 1.38. The molecule has 8 heteroatoms. The van der Waals surface area contributed by atoms with Crippen LogP contribution in [0.25, 0.3) is 0 Å². The van der Waals surface area contributed by atoms with Crippen molar-refractivity contribution in [1.82, 2.24) is 0 Å². The quantitative estimate of drug-likeness (QED) is 0.779. The van der Waals surface area contributed by atoms with Crippen LogP contribution in [0.3, 0.4) is 0 Å². The Bertz CT molecular complexity index is 733. The average Bonchev–Trinajstić information content (AvgIpc) is 2.79. The van der Waals surface area contributed by atoms with Crippen LogP contribution in [0.15, 0.2) is 29.3 Å². The van der Waals surface area contributed by atoms with Gasteiger partial charge in [0, 0.05) is 22.9 Å². The number of anilines is 1. The molecule has 112 valence electrons. The second-order valence-corrected chi connectivity index (χ2v) is 8.86. The molecule has 0 aliphatic carbocycles. The molecule has 21 heavy (non-hydrogen) atoms. The second kappa shape index (κ2) is 5.30. The smallest absolute Gasteiger partial charge is 0.244 e. The summed E-state index contributed by atoms with van der Waals surface area (Å²) in [5, 5.41) is 1.02. The normalized spacial score (nSPS) is 28.9. The molecule has 3 rings (SSSR count). The topological polar surface area (TPSA) is 66.8 Å². The SMILES string of the molecule is CC(=O)N=C1S[C@@H]2CS(=O)(=O)C[C@@H]2N1c1cccc(Cl)c1. The van der Waals surface area contributed by atoms with Crippen LogP contribution in [0.5, 0.6) is 0 Å². The van der Waals surface area contributed by atoms with E-state index in [-0.39, 0.29) is 28.7 Å². The summed E-state index contributed by atoms with van der Waals surface area (Å²) in [6, 6.07) is 6.95. The molecular formula is C13H13ClN2O3S2. The number of hydrogen-bond donors (Lipinski definition) is 0. The van der Waals surface area contributed by atoms with Gasteiger partial charge in [0.2, 0.25) is 5.91 Å². The summed E-state index contributed by atoms with van der Waals surface area (Å²) >= 11 is 7.37. The van der Waals surface area contributed by atoms with E-state index < -0.39 is 9.84 Å². The molecule has 5 nitrogen and oxygen atoms in total. The maximum absolute atomic E-state index is 11.8. The fraction of sp³-hybridized carbons (Fsp3) is 0.385. The number of benzene rings is 1. The predicted octanol–water partition coefficient (Wildman–Crippen LogP) is 1.96. The number of sulfone groups is 1. The van der Waals surface area contributed by atoms with E-state index in [1.807, 2.05) is 11.0 Å². The molecule has 0 saturated carbocycles. The number of nitrogens with zero attached hydrogens (tertiary/aromatic N) is 2. The monoisotopic (exact) mass is 344 g/mol. The van der Waals surface area contributed by atoms with Crippen LogP contribution in [-0.4, -0.2) is 42.3 Å². The molecule has 0 aromatic heterocycles. The number of aliphatic imine (C=N–C) groups is 1. The molecule has 2 fully saturated rings. The standard InChI is InChI=1S/C13H13ClN2O3S2/c1-8(17)15-13-16(10-4-2-3-9(14)5-10)11-6-21(18,19)7-12(11)20-13/h2-5,11-12H,6-7H2,1H3/t11-,12+/m0/s1. The number of hydrogen-bond acceptors (Lipinski definition) is 4. The lowest BCUT2D eigenvalue weighted by atomic mass is 10.2. The number of halogens is 1. The van der Waals surface area contributed by atoms with Gasteiger partial charge in [-0.1, -0.05) is 29.4 Å². The van der Waals surface area contributed by atoms with Crippen molar-refractivity contribution in [2.45, 2.75) is 18.2 Å². The number of carbonyl (C=O) groups is 1. The molecule has 2 atom stereocenters. The third-order valence-electron chi connectivity index (χ3n) is 3.41. The fourth-order valence-corrected chi connectivity index (χ4v) is 6.77. The minimum atomic E-state index is -3.04. The molecule has 1 aromatic carbocycles. The van der Waals surface area contributed by atoms with E-state index in [1.54, 1.807) is 18.2 Å². The van der Waals surface area contributed by atoms with Gasteiger partial charge >= 0.3 is 0 Å². The number of rotatable bonds is 1. The van der Waals surface area contributed by atoms with E-state index in [0.29, 0.717) is 10.2 Å². The molecule has 1 amide bonds. The Kier molecular flexibility index (Phi) is 3.75. The van der Waals surface area contributed by atoms with Crippen LogP contribution in [0, 0.1) is 0 Å². The molecule has 0 radical (unpaired) electrons. The van der Waals surface area contributed by atoms with Gasteiger partial charge < -0.3 is 4.90 Å². The van der Waals surface area contributed by atoms with Crippen molar-refractivity contribution >= 4 is 50.0 Å². The molecule has 2 aliphatic heterocycles. The van der Waals surface area contributed by atoms with Gasteiger partial charge in [0.05, 0.1) is 17.5 Å². The first-order chi connectivity index (χ1) is 9.85. The van der Waals surface area contributed by atoms with Gasteiger partial charge in [0.25, 0.3) is 0 Å². The van der Waals surface area contributed by atoms with Gasteiger partial charge in [-0.2, -0.15) is 4.99 Å². The number of fused-ring (bicyclic) bond motifs is 1. The Morgan fingerprint density at radius 3 is 2.86 bits per heavy atom. The predicted molar refractivity (Wildman–Crippen MR) is 85.9 cm³/mol. The maximum Gasteiger partial charge on any atom is 0.244 e. The van der Waals surface area contributed by atoms with Gasteiger partial charge in [-0.15, -0.1) is 0 Å². The molecule has 2 aliphatic rings. The highest BCUT2D eigenvalue weighted by molar-refractivity contribution is 8.16. The highest BCUT2D eigenvalue weighted by Gasteiger charge is 2.49. The van der Waals surface area contributed by atoms with E-state index in [1.165, 1.54) is 18.7 Å². The molecular weight excluding hydrogens is 332 g/mol. The first kappa shape index (κ1) is 14.9. The average molecular weight is 345 g/mol. The number of thioether (sulfide) groups is 1. The van der Waals surface area contributed by atoms with Crippen LogP contribution in [0.1, 0.15) is 6.92 Å². The van der Waals surface area contributed by atoms with E-state index in [2.05, 4.69) is 4.99 Å². The summed E-state index contributed by atoms with van der Waals surface area (Å²) in [5.41, 5.74) is 0.764. The number of amidine groups is 1. The van der Waals surface area contributed by atoms with Crippen molar-refractivity contribution in [3.63, 3.8) is 0 Å². The van der Waals surface area contributed by atoms with Crippen molar-refractivity contribution < 1.29 is 13.2 Å². The third kappa shape index (κ3) is 2.95. The number of amides is 1. The highest BCUT2D eigenvalue weighted by Crippen LogP contribution is 2.41. The van der Waals surface area contributed by atoms with Crippen molar-refractivity contribution in [2.24, 2.45) is 4.99 Å². The van der Waals surface area contributed by atoms with Crippen molar-refractivity contribution in [3.05, 3.63) is 29.3 Å². The van der Waals surface area contributed by atoms with E-state index in [9.17, 15) is 13.2 Å². The molecule has 0 unspecified atom stereocenters. The largest absolute Gasteiger partial charge is 0.316 e. The first-order valence-corrected chi connectivity index (χ1v) is 9.45. The Hall–Kier alpha value is -1.05. The summed E-state index contributed by atoms with van der Waals surface area (Å²) in [5.74, 6) is -0.0999. The Morgan fingerprint density at radius 1 is 1.43 bits per heavy atom. The number of carbonyl (C=O) groups excluding carboxylic acids is 1. The Labute approximate surface area is 132 Å². The molecule has 1 aromatic rings. The zero-order valence-electron chi connectivity index (χ0n) is 11.2. The second-order valence-electron chi connectivity index (χ2n) is 5.06. The maximum atomic E-state index is 11.8. The van der Waals surface area contributed by atoms with Crippen LogP contribution in [-0.2, 0) is 14.6 Å². The van der Waals surface area contributed by atoms with Gasteiger partial charge in [-0.3, -0.25) is 4.79 Å². The van der Waals surface area contributed by atoms with Crippen LogP contribution < -0.4 is 4.90 Å². The van der Waals surface area contributed by atoms with E-state index in [4.69, 9.17) is 11.6 Å². The lowest BCUT2D eigenvalue weighted by molar-refractivity contribution is -0.115. The Balaban J connectivity index is 2.05. The van der Waals surface area contributed by atoms with E-state index >= 15 is 0 Å². The molecule has 0 bridgehead atoms. The molecule has 2 saturated heterocycles. The van der Waals surface area contributed by atoms with Gasteiger partial charge in [0.15, 0.2) is 15.0 Å².